The van der Waals surface area contributed by atoms with Gasteiger partial charge < -0.3 is 15.1 Å². The number of benzene rings is 1. The van der Waals surface area contributed by atoms with E-state index < -0.39 is 0 Å². The van der Waals surface area contributed by atoms with E-state index in [0.717, 1.165) is 11.3 Å². The SMILES string of the molecule is Cc1cccc(NC(=O)C2CCN(C(=O)C3CC(=O)N(C(C)(C)C)C3)CC2)c1. The van der Waals surface area contributed by atoms with Gasteiger partial charge in [0.05, 0.1) is 5.92 Å². The lowest BCUT2D eigenvalue weighted by molar-refractivity contribution is -0.138. The molecule has 2 aliphatic heterocycles. The highest BCUT2D eigenvalue weighted by Crippen LogP contribution is 2.29. The minimum atomic E-state index is -0.260. The number of likely N-dealkylation sites (tertiary alicyclic amines) is 2. The number of hydrogen-bond acceptors (Lipinski definition) is 3. The highest BCUT2D eigenvalue weighted by molar-refractivity contribution is 5.93. The number of anilines is 1. The number of nitrogens with one attached hydrogen (secondary N) is 1. The number of nitrogens with zero attached hydrogens (tertiary/aromatic N) is 2. The summed E-state index contributed by atoms with van der Waals surface area (Å²) in [6.45, 7) is 9.63. The second-order valence-corrected chi connectivity index (χ2v) is 9.03. The molecule has 0 aromatic heterocycles. The van der Waals surface area contributed by atoms with Crippen LogP contribution in [0, 0.1) is 18.8 Å². The van der Waals surface area contributed by atoms with E-state index in [1.165, 1.54) is 0 Å². The fraction of sp³-hybridized carbons (Fsp3) is 0.591. The van der Waals surface area contributed by atoms with E-state index in [1.54, 1.807) is 4.90 Å². The average Bonchev–Trinajstić information content (AvgIpc) is 3.03. The van der Waals surface area contributed by atoms with E-state index in [2.05, 4.69) is 5.32 Å². The van der Waals surface area contributed by atoms with Gasteiger partial charge in [0.15, 0.2) is 0 Å². The Morgan fingerprint density at radius 3 is 2.36 bits per heavy atom. The Morgan fingerprint density at radius 2 is 1.79 bits per heavy atom. The van der Waals surface area contributed by atoms with Gasteiger partial charge in [-0.1, -0.05) is 12.1 Å². The van der Waals surface area contributed by atoms with Gasteiger partial charge in [0, 0.05) is 43.2 Å². The molecule has 2 fully saturated rings. The number of piperidine rings is 1. The van der Waals surface area contributed by atoms with Crippen LogP contribution in [0.25, 0.3) is 0 Å². The van der Waals surface area contributed by atoms with Crippen molar-refractivity contribution in [3.63, 3.8) is 0 Å². The summed E-state index contributed by atoms with van der Waals surface area (Å²) in [5.74, 6) is -0.214. The third-order valence-corrected chi connectivity index (χ3v) is 5.75. The maximum Gasteiger partial charge on any atom is 0.227 e. The Labute approximate surface area is 167 Å². The maximum absolute atomic E-state index is 12.9. The molecule has 0 radical (unpaired) electrons. The zero-order valence-corrected chi connectivity index (χ0v) is 17.3. The lowest BCUT2D eigenvalue weighted by Crippen LogP contribution is -2.46. The predicted molar refractivity (Wildman–Crippen MR) is 109 cm³/mol. The minimum Gasteiger partial charge on any atom is -0.342 e. The molecular formula is C22H31N3O3. The number of rotatable bonds is 3. The lowest BCUT2D eigenvalue weighted by Gasteiger charge is -2.34. The molecule has 3 rings (SSSR count). The largest absolute Gasteiger partial charge is 0.342 e. The van der Waals surface area contributed by atoms with Gasteiger partial charge in [0.1, 0.15) is 0 Å². The van der Waals surface area contributed by atoms with Crippen LogP contribution in [0.5, 0.6) is 0 Å². The van der Waals surface area contributed by atoms with Crippen molar-refractivity contribution in [3.05, 3.63) is 29.8 Å². The summed E-state index contributed by atoms with van der Waals surface area (Å²) >= 11 is 0. The first-order valence-corrected chi connectivity index (χ1v) is 10.1. The molecule has 152 valence electrons. The molecule has 0 bridgehead atoms. The van der Waals surface area contributed by atoms with Gasteiger partial charge in [0.2, 0.25) is 17.7 Å². The summed E-state index contributed by atoms with van der Waals surface area (Å²) in [6.07, 6.45) is 1.62. The minimum absolute atomic E-state index is 0.0210. The third-order valence-electron chi connectivity index (χ3n) is 5.75. The molecule has 1 aromatic carbocycles. The Balaban J connectivity index is 1.52. The molecule has 1 aromatic rings. The average molecular weight is 386 g/mol. The van der Waals surface area contributed by atoms with E-state index >= 15 is 0 Å². The maximum atomic E-state index is 12.9. The molecule has 2 saturated heterocycles. The standard InChI is InChI=1S/C22H31N3O3/c1-15-6-5-7-18(12-15)23-20(27)16-8-10-24(11-9-16)21(28)17-13-19(26)25(14-17)22(2,3)4/h5-7,12,16-17H,8-11,13-14H2,1-4H3,(H,23,27). The van der Waals surface area contributed by atoms with Crippen molar-refractivity contribution in [2.45, 2.75) is 52.5 Å². The summed E-state index contributed by atoms with van der Waals surface area (Å²) < 4.78 is 0. The smallest absolute Gasteiger partial charge is 0.227 e. The van der Waals surface area contributed by atoms with E-state index in [-0.39, 0.29) is 35.1 Å². The van der Waals surface area contributed by atoms with E-state index in [9.17, 15) is 14.4 Å². The van der Waals surface area contributed by atoms with Gasteiger partial charge in [-0.2, -0.15) is 0 Å². The highest BCUT2D eigenvalue weighted by atomic mass is 16.2. The topological polar surface area (TPSA) is 69.7 Å². The fourth-order valence-electron chi connectivity index (χ4n) is 4.11. The van der Waals surface area contributed by atoms with Crippen LogP contribution in [0.2, 0.25) is 0 Å². The zero-order valence-electron chi connectivity index (χ0n) is 17.3. The normalized spacial score (nSPS) is 21.1. The molecule has 1 N–H and O–H groups in total. The van der Waals surface area contributed by atoms with Gasteiger partial charge in [-0.05, 0) is 58.2 Å². The third kappa shape index (κ3) is 4.54. The van der Waals surface area contributed by atoms with Gasteiger partial charge in [-0.25, -0.2) is 0 Å². The molecule has 6 nitrogen and oxygen atoms in total. The molecule has 0 aliphatic carbocycles. The summed E-state index contributed by atoms with van der Waals surface area (Å²) in [5.41, 5.74) is 1.66. The molecule has 2 heterocycles. The Hall–Kier alpha value is -2.37. The molecule has 3 amide bonds. The van der Waals surface area contributed by atoms with Crippen LogP contribution < -0.4 is 5.32 Å². The fourth-order valence-corrected chi connectivity index (χ4v) is 4.11. The van der Waals surface area contributed by atoms with Crippen molar-refractivity contribution in [1.82, 2.24) is 9.80 Å². The number of carbonyl (C=O) groups excluding carboxylic acids is 3. The predicted octanol–water partition coefficient (Wildman–Crippen LogP) is 2.82. The zero-order chi connectivity index (χ0) is 20.5. The van der Waals surface area contributed by atoms with Crippen molar-refractivity contribution >= 4 is 23.4 Å². The Morgan fingerprint density at radius 1 is 1.11 bits per heavy atom. The van der Waals surface area contributed by atoms with E-state index in [0.29, 0.717) is 38.9 Å². The highest BCUT2D eigenvalue weighted by Gasteiger charge is 2.41. The second kappa shape index (κ2) is 7.94. The molecule has 1 unspecified atom stereocenters. The molecule has 28 heavy (non-hydrogen) atoms. The molecule has 0 saturated carbocycles. The molecule has 6 heteroatoms. The van der Waals surface area contributed by atoms with E-state index in [1.807, 2.05) is 56.9 Å². The second-order valence-electron chi connectivity index (χ2n) is 9.03. The van der Waals surface area contributed by atoms with Gasteiger partial charge in [0.25, 0.3) is 0 Å². The molecule has 1 atom stereocenters. The first kappa shape index (κ1) is 20.4. The van der Waals surface area contributed by atoms with Gasteiger partial charge in [-0.3, -0.25) is 14.4 Å². The first-order chi connectivity index (χ1) is 13.1. The van der Waals surface area contributed by atoms with Crippen LogP contribution in [0.4, 0.5) is 5.69 Å². The number of carbonyl (C=O) groups is 3. The van der Waals surface area contributed by atoms with Crippen LogP contribution in [-0.4, -0.2) is 52.7 Å². The van der Waals surface area contributed by atoms with Crippen LogP contribution in [0.15, 0.2) is 24.3 Å². The van der Waals surface area contributed by atoms with Crippen molar-refractivity contribution < 1.29 is 14.4 Å². The Kier molecular flexibility index (Phi) is 5.77. The summed E-state index contributed by atoms with van der Waals surface area (Å²) in [7, 11) is 0. The van der Waals surface area contributed by atoms with Crippen LogP contribution in [0.3, 0.4) is 0 Å². The van der Waals surface area contributed by atoms with Crippen molar-refractivity contribution in [3.8, 4) is 0 Å². The first-order valence-electron chi connectivity index (χ1n) is 10.1. The van der Waals surface area contributed by atoms with Crippen molar-refractivity contribution in [2.24, 2.45) is 11.8 Å². The van der Waals surface area contributed by atoms with Crippen molar-refractivity contribution in [1.29, 1.82) is 0 Å². The monoisotopic (exact) mass is 385 g/mol. The van der Waals surface area contributed by atoms with Crippen LogP contribution in [0.1, 0.15) is 45.6 Å². The quantitative estimate of drug-likeness (QED) is 0.870. The van der Waals surface area contributed by atoms with E-state index in [4.69, 9.17) is 0 Å². The van der Waals surface area contributed by atoms with Crippen molar-refractivity contribution in [2.75, 3.05) is 25.0 Å². The Bertz CT molecular complexity index is 761. The number of aryl methyl sites for hydroxylation is 1. The summed E-state index contributed by atoms with van der Waals surface area (Å²) in [5, 5.41) is 2.99. The number of amides is 3. The summed E-state index contributed by atoms with van der Waals surface area (Å²) in [4.78, 5) is 41.3. The van der Waals surface area contributed by atoms with Crippen LogP contribution >= 0.6 is 0 Å². The molecule has 0 spiro atoms. The summed E-state index contributed by atoms with van der Waals surface area (Å²) in [6, 6.07) is 7.76. The van der Waals surface area contributed by atoms with Gasteiger partial charge in [-0.15, -0.1) is 0 Å². The number of hydrogen-bond donors (Lipinski definition) is 1. The lowest BCUT2D eigenvalue weighted by atomic mass is 9.94. The van der Waals surface area contributed by atoms with Gasteiger partial charge >= 0.3 is 0 Å². The molecular weight excluding hydrogens is 354 g/mol. The van der Waals surface area contributed by atoms with Crippen LogP contribution in [-0.2, 0) is 14.4 Å². The molecule has 2 aliphatic rings.